The van der Waals surface area contributed by atoms with E-state index in [1.165, 1.54) is 40.9 Å². The van der Waals surface area contributed by atoms with E-state index in [-0.39, 0.29) is 11.6 Å². The second-order valence-electron chi connectivity index (χ2n) is 5.68. The number of benzene rings is 2. The molecule has 2 aromatic carbocycles. The van der Waals surface area contributed by atoms with E-state index in [1.807, 2.05) is 31.2 Å². The first kappa shape index (κ1) is 19.1. The monoisotopic (exact) mass is 400 g/mol. The minimum Gasteiger partial charge on any atom is -0.493 e. The molecule has 0 atom stereocenters. The van der Waals surface area contributed by atoms with Crippen LogP contribution in [-0.4, -0.2) is 21.8 Å². The van der Waals surface area contributed by atoms with Crippen LogP contribution in [0.3, 0.4) is 0 Å². The second kappa shape index (κ2) is 8.32. The number of para-hydroxylation sites is 1. The van der Waals surface area contributed by atoms with Crippen molar-refractivity contribution in [2.45, 2.75) is 13.3 Å². The van der Waals surface area contributed by atoms with Gasteiger partial charge in [-0.1, -0.05) is 49.1 Å². The number of anilines is 1. The lowest BCUT2D eigenvalue weighted by Gasteiger charge is -2.14. The zero-order valence-corrected chi connectivity index (χ0v) is 16.1. The highest BCUT2D eigenvalue weighted by Gasteiger charge is 2.33. The van der Waals surface area contributed by atoms with Crippen LogP contribution in [0.25, 0.3) is 6.08 Å². The molecule has 138 valence electrons. The van der Waals surface area contributed by atoms with E-state index in [2.05, 4.69) is 0 Å². The molecule has 0 spiro atoms. The SMILES string of the molecule is CCCOc1ccccc1/C=C1\SC(=S)N(c2ccc([N+](=O)[O-])cc2)C1=O. The number of carbonyl (C=O) groups is 1. The van der Waals surface area contributed by atoms with Crippen LogP contribution in [0.1, 0.15) is 18.9 Å². The predicted molar refractivity (Wildman–Crippen MR) is 111 cm³/mol. The van der Waals surface area contributed by atoms with Gasteiger partial charge in [0.25, 0.3) is 11.6 Å². The lowest BCUT2D eigenvalue weighted by molar-refractivity contribution is -0.384. The van der Waals surface area contributed by atoms with E-state index in [0.29, 0.717) is 27.3 Å². The molecule has 1 aliphatic rings. The van der Waals surface area contributed by atoms with Crippen molar-refractivity contribution < 1.29 is 14.5 Å². The molecule has 6 nitrogen and oxygen atoms in total. The average molecular weight is 400 g/mol. The Morgan fingerprint density at radius 2 is 1.93 bits per heavy atom. The topological polar surface area (TPSA) is 72.7 Å². The Kier molecular flexibility index (Phi) is 5.88. The molecule has 0 aromatic heterocycles. The smallest absolute Gasteiger partial charge is 0.270 e. The number of nitro benzene ring substituents is 1. The number of hydrogen-bond donors (Lipinski definition) is 0. The number of carbonyl (C=O) groups excluding carboxylic acids is 1. The fourth-order valence-electron chi connectivity index (χ4n) is 2.50. The van der Waals surface area contributed by atoms with Crippen LogP contribution in [0.2, 0.25) is 0 Å². The molecule has 1 amide bonds. The van der Waals surface area contributed by atoms with E-state index in [1.54, 1.807) is 6.08 Å². The van der Waals surface area contributed by atoms with Gasteiger partial charge in [0.1, 0.15) is 5.75 Å². The normalized spacial score (nSPS) is 15.4. The zero-order chi connectivity index (χ0) is 19.4. The molecule has 27 heavy (non-hydrogen) atoms. The van der Waals surface area contributed by atoms with Gasteiger partial charge >= 0.3 is 0 Å². The largest absolute Gasteiger partial charge is 0.493 e. The van der Waals surface area contributed by atoms with Crippen LogP contribution in [0.5, 0.6) is 5.75 Å². The van der Waals surface area contributed by atoms with Gasteiger partial charge in [-0.3, -0.25) is 19.8 Å². The summed E-state index contributed by atoms with van der Waals surface area (Å²) in [6.07, 6.45) is 2.65. The number of amides is 1. The number of nitro groups is 1. The molecule has 8 heteroatoms. The number of thioether (sulfide) groups is 1. The van der Waals surface area contributed by atoms with Crippen molar-refractivity contribution in [2.24, 2.45) is 0 Å². The number of thiocarbonyl (C=S) groups is 1. The average Bonchev–Trinajstić information content (AvgIpc) is 2.94. The van der Waals surface area contributed by atoms with E-state index >= 15 is 0 Å². The maximum atomic E-state index is 12.8. The van der Waals surface area contributed by atoms with Crippen molar-refractivity contribution in [3.05, 3.63) is 69.1 Å². The summed E-state index contributed by atoms with van der Waals surface area (Å²) in [4.78, 5) is 25.0. The minimum absolute atomic E-state index is 0.0401. The lowest BCUT2D eigenvalue weighted by atomic mass is 10.2. The molecule has 2 aromatic rings. The molecule has 1 fully saturated rings. The summed E-state index contributed by atoms with van der Waals surface area (Å²) >= 11 is 6.54. The van der Waals surface area contributed by atoms with Gasteiger partial charge in [0.2, 0.25) is 0 Å². The quantitative estimate of drug-likeness (QED) is 0.300. The van der Waals surface area contributed by atoms with Gasteiger partial charge in [-0.05, 0) is 30.7 Å². The standard InChI is InChI=1S/C19H16N2O4S2/c1-2-11-25-16-6-4-3-5-13(16)12-17-18(22)20(19(26)27-17)14-7-9-15(10-8-14)21(23)24/h3-10,12H,2,11H2,1H3/b17-12-. The molecule has 0 bridgehead atoms. The summed E-state index contributed by atoms with van der Waals surface area (Å²) in [7, 11) is 0. The highest BCUT2D eigenvalue weighted by atomic mass is 32.2. The van der Waals surface area contributed by atoms with Gasteiger partial charge in [-0.15, -0.1) is 0 Å². The summed E-state index contributed by atoms with van der Waals surface area (Å²) in [5.74, 6) is 0.448. The van der Waals surface area contributed by atoms with Crippen LogP contribution < -0.4 is 9.64 Å². The molecule has 0 radical (unpaired) electrons. The molecule has 0 unspecified atom stereocenters. The first-order valence-electron chi connectivity index (χ1n) is 8.25. The summed E-state index contributed by atoms with van der Waals surface area (Å²) < 4.78 is 6.11. The van der Waals surface area contributed by atoms with Crippen LogP contribution in [0.4, 0.5) is 11.4 Å². The van der Waals surface area contributed by atoms with E-state index in [9.17, 15) is 14.9 Å². The second-order valence-corrected chi connectivity index (χ2v) is 7.35. The molecular weight excluding hydrogens is 384 g/mol. The van der Waals surface area contributed by atoms with Crippen molar-refractivity contribution >= 4 is 51.7 Å². The van der Waals surface area contributed by atoms with Crippen molar-refractivity contribution in [1.82, 2.24) is 0 Å². The maximum Gasteiger partial charge on any atom is 0.270 e. The first-order chi connectivity index (χ1) is 13.0. The summed E-state index contributed by atoms with van der Waals surface area (Å²) in [5.41, 5.74) is 1.26. The molecule has 1 aliphatic heterocycles. The number of hydrogen-bond acceptors (Lipinski definition) is 6. The molecule has 1 saturated heterocycles. The predicted octanol–water partition coefficient (Wildman–Crippen LogP) is 4.79. The molecule has 3 rings (SSSR count). The van der Waals surface area contributed by atoms with E-state index in [4.69, 9.17) is 17.0 Å². The summed E-state index contributed by atoms with van der Waals surface area (Å²) in [6, 6.07) is 13.2. The van der Waals surface area contributed by atoms with Gasteiger partial charge in [-0.2, -0.15) is 0 Å². The summed E-state index contributed by atoms with van der Waals surface area (Å²) in [5, 5.41) is 10.8. The third-order valence-corrected chi connectivity index (χ3v) is 5.08. The fraction of sp³-hybridized carbons (Fsp3) is 0.158. The minimum atomic E-state index is -0.485. The molecule has 0 saturated carbocycles. The summed E-state index contributed by atoms with van der Waals surface area (Å²) in [6.45, 7) is 2.62. The third kappa shape index (κ3) is 4.17. The van der Waals surface area contributed by atoms with E-state index in [0.717, 1.165) is 12.0 Å². The number of non-ortho nitro benzene ring substituents is 1. The van der Waals surface area contributed by atoms with Crippen LogP contribution in [0, 0.1) is 10.1 Å². The molecular formula is C19H16N2O4S2. The van der Waals surface area contributed by atoms with Crippen LogP contribution >= 0.6 is 24.0 Å². The number of ether oxygens (including phenoxy) is 1. The first-order valence-corrected chi connectivity index (χ1v) is 9.48. The van der Waals surface area contributed by atoms with Crippen molar-refractivity contribution in [1.29, 1.82) is 0 Å². The molecule has 0 aliphatic carbocycles. The number of nitrogens with zero attached hydrogens (tertiary/aromatic N) is 2. The highest BCUT2D eigenvalue weighted by molar-refractivity contribution is 8.27. The van der Waals surface area contributed by atoms with Gasteiger partial charge in [-0.25, -0.2) is 0 Å². The Morgan fingerprint density at radius 3 is 2.59 bits per heavy atom. The van der Waals surface area contributed by atoms with Crippen LogP contribution in [0.15, 0.2) is 53.4 Å². The maximum absolute atomic E-state index is 12.8. The van der Waals surface area contributed by atoms with Gasteiger partial charge in [0, 0.05) is 17.7 Å². The van der Waals surface area contributed by atoms with Crippen molar-refractivity contribution in [2.75, 3.05) is 11.5 Å². The van der Waals surface area contributed by atoms with Crippen LogP contribution in [-0.2, 0) is 4.79 Å². The fourth-order valence-corrected chi connectivity index (χ4v) is 3.79. The Morgan fingerprint density at radius 1 is 1.22 bits per heavy atom. The van der Waals surface area contributed by atoms with Crippen molar-refractivity contribution in [3.8, 4) is 5.75 Å². The molecule has 0 N–H and O–H groups in total. The van der Waals surface area contributed by atoms with E-state index < -0.39 is 4.92 Å². The zero-order valence-electron chi connectivity index (χ0n) is 14.5. The number of rotatable bonds is 6. The lowest BCUT2D eigenvalue weighted by Crippen LogP contribution is -2.27. The van der Waals surface area contributed by atoms with Gasteiger partial charge in [0.05, 0.1) is 22.1 Å². The third-order valence-electron chi connectivity index (χ3n) is 3.78. The Labute approximate surface area is 166 Å². The van der Waals surface area contributed by atoms with Gasteiger partial charge in [0.15, 0.2) is 4.32 Å². The Hall–Kier alpha value is -2.71. The van der Waals surface area contributed by atoms with Gasteiger partial charge < -0.3 is 4.74 Å². The Bertz CT molecular complexity index is 926. The molecule has 1 heterocycles. The highest BCUT2D eigenvalue weighted by Crippen LogP contribution is 2.37. The Balaban J connectivity index is 1.88. The van der Waals surface area contributed by atoms with Crippen molar-refractivity contribution in [3.63, 3.8) is 0 Å².